The molecule has 8 heavy (non-hydrogen) atoms. The highest BCUT2D eigenvalue weighted by Gasteiger charge is 2.14. The van der Waals surface area contributed by atoms with E-state index in [4.69, 9.17) is 19.4 Å². The summed E-state index contributed by atoms with van der Waals surface area (Å²) >= 11 is 0. The molecule has 0 aromatic rings. The van der Waals surface area contributed by atoms with E-state index in [2.05, 4.69) is 0 Å². The second kappa shape index (κ2) is 2.89. The molecule has 0 atom stereocenters. The molecule has 0 aliphatic rings. The third-order valence-electron chi connectivity index (χ3n) is 0.390. The molecule has 0 saturated heterocycles. The first-order valence-corrected chi connectivity index (χ1v) is 1.51. The third-order valence-corrected chi connectivity index (χ3v) is 0.390. The molecule has 4 N–H and O–H groups in total. The van der Waals surface area contributed by atoms with E-state index >= 15 is 0 Å². The zero-order chi connectivity index (χ0) is 11.1. The Morgan fingerprint density at radius 1 is 1.88 bits per heavy atom. The number of halogens is 1. The van der Waals surface area contributed by atoms with Crippen molar-refractivity contribution in [1.29, 1.82) is 5.41 Å². The minimum Gasteiger partial charge on any atom is -0.385 e. The maximum Gasteiger partial charge on any atom is 0.123 e. The van der Waals surface area contributed by atoms with Gasteiger partial charge in [0, 0.05) is 8.22 Å². The van der Waals surface area contributed by atoms with Crippen LogP contribution in [0.3, 0.4) is 0 Å². The van der Waals surface area contributed by atoms with Crippen molar-refractivity contribution >= 4 is 18.2 Å². The summed E-state index contributed by atoms with van der Waals surface area (Å²) in [7, 11) is 0. The fraction of sp³-hybridized carbons (Fsp3) is 0.750. The lowest BCUT2D eigenvalue weighted by Gasteiger charge is -2.12. The van der Waals surface area contributed by atoms with Crippen molar-refractivity contribution in [3.05, 3.63) is 0 Å². The van der Waals surface area contributed by atoms with E-state index in [-0.39, 0.29) is 12.4 Å². The number of hydrogen-bond acceptors (Lipinski definition) is 2. The monoisotopic (exact) mass is 144 g/mol. The second-order valence-electron chi connectivity index (χ2n) is 1.12. The van der Waals surface area contributed by atoms with Gasteiger partial charge in [-0.25, -0.2) is 0 Å². The Morgan fingerprint density at radius 3 is 2.25 bits per heavy atom. The van der Waals surface area contributed by atoms with Crippen LogP contribution in [-0.4, -0.2) is 16.5 Å². The number of aliphatic hydroxyl groups is 1. The largest absolute Gasteiger partial charge is 0.385 e. The van der Waals surface area contributed by atoms with Gasteiger partial charge < -0.3 is 10.8 Å². The van der Waals surface area contributed by atoms with Crippen molar-refractivity contribution in [3.8, 4) is 0 Å². The summed E-state index contributed by atoms with van der Waals surface area (Å²) in [4.78, 5) is 0. The Bertz CT molecular complexity index is 209. The molecule has 0 bridgehead atoms. The summed E-state index contributed by atoms with van der Waals surface area (Å²) in [6.07, 6.45) is 0. The van der Waals surface area contributed by atoms with Gasteiger partial charge in [-0.2, -0.15) is 0 Å². The number of hydrogen-bond donors (Lipinski definition) is 3. The Hall–Kier alpha value is -0.280. The summed E-state index contributed by atoms with van der Waals surface area (Å²) in [5.74, 6) is -1.28. The molecule has 0 aliphatic carbocycles. The molecule has 0 saturated carbocycles. The van der Waals surface area contributed by atoms with Crippen LogP contribution >= 0.6 is 12.4 Å². The van der Waals surface area contributed by atoms with E-state index < -0.39 is 25.1 Å². The zero-order valence-corrected chi connectivity index (χ0v) is 4.75. The third kappa shape index (κ3) is 3.89. The van der Waals surface area contributed by atoms with Crippen LogP contribution in [0.25, 0.3) is 0 Å². The van der Waals surface area contributed by atoms with Gasteiger partial charge >= 0.3 is 0 Å². The lowest BCUT2D eigenvalue weighted by atomic mass is 10.1. The topological polar surface area (TPSA) is 70.1 Å². The highest BCUT2D eigenvalue weighted by molar-refractivity contribution is 5.85. The molecule has 0 heterocycles. The summed E-state index contributed by atoms with van der Waals surface area (Å²) in [6, 6.07) is 0. The fourth-order valence-corrected chi connectivity index (χ4v) is 0. The van der Waals surface area contributed by atoms with Gasteiger partial charge in [-0.1, -0.05) is 0 Å². The predicted molar refractivity (Wildman–Crippen MR) is 35.5 cm³/mol. The summed E-state index contributed by atoms with van der Waals surface area (Å²) < 4.78 is 40.6. The van der Waals surface area contributed by atoms with E-state index in [1.165, 1.54) is 0 Å². The van der Waals surface area contributed by atoms with Crippen molar-refractivity contribution in [3.63, 3.8) is 0 Å². The SMILES string of the molecule is Cl.[2H]C([2H])([2H])C(O)(C(=N)N)C([2H])([2H])[2H]. The van der Waals surface area contributed by atoms with Crippen LogP contribution in [-0.2, 0) is 0 Å². The zero-order valence-electron chi connectivity index (χ0n) is 9.93. The average molecular weight is 145 g/mol. The van der Waals surface area contributed by atoms with Gasteiger partial charge in [-0.3, -0.25) is 5.41 Å². The summed E-state index contributed by atoms with van der Waals surface area (Å²) in [5.41, 5.74) is 1.49. The van der Waals surface area contributed by atoms with Gasteiger partial charge in [-0.05, 0) is 13.7 Å². The molecule has 0 amide bonds. The fourth-order valence-electron chi connectivity index (χ4n) is 0. The highest BCUT2D eigenvalue weighted by Crippen LogP contribution is 1.96. The number of rotatable bonds is 1. The van der Waals surface area contributed by atoms with E-state index in [1.54, 1.807) is 0 Å². The Morgan fingerprint density at radius 2 is 2.25 bits per heavy atom. The molecule has 0 aliphatic heterocycles. The maximum atomic E-state index is 9.29. The van der Waals surface area contributed by atoms with Crippen molar-refractivity contribution in [2.75, 3.05) is 0 Å². The van der Waals surface area contributed by atoms with Crippen LogP contribution in [0.15, 0.2) is 0 Å². The number of nitrogens with one attached hydrogen (secondary N) is 1. The van der Waals surface area contributed by atoms with Crippen LogP contribution in [0.5, 0.6) is 0 Å². The number of nitrogens with two attached hydrogens (primary N) is 1. The molecule has 0 spiro atoms. The van der Waals surface area contributed by atoms with E-state index in [0.717, 1.165) is 0 Å². The lowest BCUT2D eigenvalue weighted by molar-refractivity contribution is 0.151. The molecule has 0 unspecified atom stereocenters. The first-order valence-electron chi connectivity index (χ1n) is 4.51. The quantitative estimate of drug-likeness (QED) is 0.361. The molecule has 0 radical (unpaired) electrons. The molecule has 0 rings (SSSR count). The van der Waals surface area contributed by atoms with Crippen LogP contribution in [0, 0.1) is 5.41 Å². The molecule has 0 aromatic carbocycles. The minimum atomic E-state index is -3.26. The van der Waals surface area contributed by atoms with Gasteiger partial charge in [0.05, 0.1) is 0 Å². The van der Waals surface area contributed by atoms with E-state index in [9.17, 15) is 5.11 Å². The molecular weight excluding hydrogens is 128 g/mol. The van der Waals surface area contributed by atoms with E-state index in [0.29, 0.717) is 0 Å². The predicted octanol–water partition coefficient (Wildman–Crippen LogP) is 0.115. The van der Waals surface area contributed by atoms with Crippen LogP contribution in [0.2, 0.25) is 0 Å². The van der Waals surface area contributed by atoms with Crippen molar-refractivity contribution < 1.29 is 13.3 Å². The van der Waals surface area contributed by atoms with Crippen LogP contribution in [0.4, 0.5) is 0 Å². The van der Waals surface area contributed by atoms with Gasteiger partial charge in [-0.15, -0.1) is 12.4 Å². The smallest absolute Gasteiger partial charge is 0.123 e. The van der Waals surface area contributed by atoms with Crippen LogP contribution < -0.4 is 5.73 Å². The molecule has 4 heteroatoms. The van der Waals surface area contributed by atoms with Gasteiger partial charge in [0.15, 0.2) is 0 Å². The van der Waals surface area contributed by atoms with Gasteiger partial charge in [0.2, 0.25) is 0 Å². The molecular formula is C4H11ClN2O. The second-order valence-corrected chi connectivity index (χ2v) is 1.12. The molecule has 0 fully saturated rings. The van der Waals surface area contributed by atoms with Gasteiger partial charge in [0.25, 0.3) is 0 Å². The average Bonchev–Trinajstić information content (AvgIpc) is 1.80. The molecule has 3 nitrogen and oxygen atoms in total. The van der Waals surface area contributed by atoms with Gasteiger partial charge in [0.1, 0.15) is 11.4 Å². The van der Waals surface area contributed by atoms with Crippen molar-refractivity contribution in [2.45, 2.75) is 19.3 Å². The first-order chi connectivity index (χ1) is 5.44. The van der Waals surface area contributed by atoms with Crippen LogP contribution in [0.1, 0.15) is 21.9 Å². The molecule has 50 valence electrons. The normalized spacial score (nSPS) is 24.1. The van der Waals surface area contributed by atoms with E-state index in [1.807, 2.05) is 0 Å². The van der Waals surface area contributed by atoms with Crippen molar-refractivity contribution in [2.24, 2.45) is 5.73 Å². The minimum absolute atomic E-state index is 0. The maximum absolute atomic E-state index is 9.29. The molecule has 0 aromatic heterocycles. The standard InChI is InChI=1S/C4H10N2O.ClH/c1-4(2,7)3(5)6;/h7H,1-2H3,(H3,5,6);1H/i1D3,2D3;. The Balaban J connectivity index is 0. The summed E-state index contributed by atoms with van der Waals surface area (Å²) in [6.45, 7) is -6.49. The number of amidine groups is 1. The Labute approximate surface area is 63.2 Å². The van der Waals surface area contributed by atoms with Crippen molar-refractivity contribution in [1.82, 2.24) is 0 Å². The highest BCUT2D eigenvalue weighted by atomic mass is 35.5. The first kappa shape index (κ1) is 2.54. The summed E-state index contributed by atoms with van der Waals surface area (Å²) in [5, 5.41) is 16.1. The Kier molecular flexibility index (Phi) is 0.917. The lowest BCUT2D eigenvalue weighted by Crippen LogP contribution is -2.36.